The molecule has 1 aliphatic carbocycles. The van der Waals surface area contributed by atoms with Gasteiger partial charge in [0.05, 0.1) is 17.8 Å². The van der Waals surface area contributed by atoms with Crippen LogP contribution in [-0.2, 0) is 22.7 Å². The number of sulfone groups is 1. The Morgan fingerprint density at radius 1 is 1.14 bits per heavy atom. The Morgan fingerprint density at radius 2 is 1.90 bits per heavy atom. The van der Waals surface area contributed by atoms with E-state index in [0.29, 0.717) is 23.4 Å². The third-order valence-corrected chi connectivity index (χ3v) is 7.51. The summed E-state index contributed by atoms with van der Waals surface area (Å²) in [5, 5.41) is 3.77. The number of ether oxygens (including phenoxy) is 1. The molecule has 29 heavy (non-hydrogen) atoms. The molecule has 1 aliphatic rings. The molecular weight excluding hydrogens is 406 g/mol. The van der Waals surface area contributed by atoms with E-state index in [2.05, 4.69) is 24.4 Å². The van der Waals surface area contributed by atoms with Crippen molar-refractivity contribution in [3.8, 4) is 5.75 Å². The Kier molecular flexibility index (Phi) is 9.00. The Morgan fingerprint density at radius 3 is 2.59 bits per heavy atom. The molecule has 3 rings (SSSR count). The second-order valence-electron chi connectivity index (χ2n) is 7.58. The van der Waals surface area contributed by atoms with Crippen molar-refractivity contribution >= 4 is 22.2 Å². The van der Waals surface area contributed by atoms with Crippen LogP contribution in [0.2, 0.25) is 0 Å². The highest BCUT2D eigenvalue weighted by Crippen LogP contribution is 2.30. The summed E-state index contributed by atoms with van der Waals surface area (Å²) in [6, 6.07) is 15.8. The minimum absolute atomic E-state index is 0. The normalized spacial score (nSPS) is 17.1. The molecule has 0 radical (unpaired) electrons. The lowest BCUT2D eigenvalue weighted by molar-refractivity contribution is 0.357. The van der Waals surface area contributed by atoms with Crippen LogP contribution in [0.3, 0.4) is 0 Å². The van der Waals surface area contributed by atoms with E-state index in [0.717, 1.165) is 37.9 Å². The summed E-state index contributed by atoms with van der Waals surface area (Å²) in [4.78, 5) is 0.423. The van der Waals surface area contributed by atoms with Crippen LogP contribution in [0.25, 0.3) is 0 Å². The second-order valence-corrected chi connectivity index (χ2v) is 9.69. The first kappa shape index (κ1) is 23.7. The minimum Gasteiger partial charge on any atom is -0.496 e. The zero-order valence-electron chi connectivity index (χ0n) is 17.3. The molecule has 0 spiro atoms. The van der Waals surface area contributed by atoms with E-state index in [9.17, 15) is 8.42 Å². The Bertz CT molecular complexity index is 857. The van der Waals surface area contributed by atoms with Gasteiger partial charge in [0.15, 0.2) is 9.84 Å². The average Bonchev–Trinajstić information content (AvgIpc) is 2.73. The van der Waals surface area contributed by atoms with Gasteiger partial charge >= 0.3 is 0 Å². The Hall–Kier alpha value is -1.56. The zero-order valence-corrected chi connectivity index (χ0v) is 18.9. The molecule has 0 aliphatic heterocycles. The Balaban J connectivity index is 0.00000300. The van der Waals surface area contributed by atoms with Crippen molar-refractivity contribution < 1.29 is 13.2 Å². The number of methoxy groups -OCH3 is 1. The van der Waals surface area contributed by atoms with Crippen LogP contribution in [0.15, 0.2) is 53.4 Å². The molecular formula is C23H32ClNO3S. The van der Waals surface area contributed by atoms with Crippen molar-refractivity contribution in [1.29, 1.82) is 0 Å². The number of fused-ring (bicyclic) bond motifs is 1. The van der Waals surface area contributed by atoms with Gasteiger partial charge in [-0.05, 0) is 67.9 Å². The second kappa shape index (κ2) is 11.0. The van der Waals surface area contributed by atoms with Crippen LogP contribution in [0.4, 0.5) is 0 Å². The lowest BCUT2D eigenvalue weighted by Crippen LogP contribution is -2.41. The van der Waals surface area contributed by atoms with Gasteiger partial charge in [-0.25, -0.2) is 8.42 Å². The van der Waals surface area contributed by atoms with Crippen molar-refractivity contribution in [3.63, 3.8) is 0 Å². The molecule has 0 aromatic heterocycles. The summed E-state index contributed by atoms with van der Waals surface area (Å²) in [5.74, 6) is 1.18. The predicted molar refractivity (Wildman–Crippen MR) is 121 cm³/mol. The molecule has 1 N–H and O–H groups in total. The average molecular weight is 438 g/mol. The van der Waals surface area contributed by atoms with Gasteiger partial charge < -0.3 is 10.1 Å². The van der Waals surface area contributed by atoms with E-state index in [4.69, 9.17) is 4.74 Å². The van der Waals surface area contributed by atoms with Gasteiger partial charge in [0.1, 0.15) is 5.75 Å². The van der Waals surface area contributed by atoms with Crippen molar-refractivity contribution in [3.05, 3.63) is 59.7 Å². The van der Waals surface area contributed by atoms with Gasteiger partial charge in [-0.15, -0.1) is 12.4 Å². The maximum atomic E-state index is 12.5. The quantitative estimate of drug-likeness (QED) is 0.623. The highest BCUT2D eigenvalue weighted by molar-refractivity contribution is 7.91. The molecule has 0 fully saturated rings. The van der Waals surface area contributed by atoms with Gasteiger partial charge in [-0.2, -0.15) is 0 Å². The zero-order chi connectivity index (χ0) is 20.0. The number of benzene rings is 2. The van der Waals surface area contributed by atoms with E-state index < -0.39 is 9.84 Å². The molecule has 0 saturated carbocycles. The SMILES string of the molecule is CCC(CCCS(=O)(=O)c1ccccc1)NC1CCc2cccc(OC)c2C1.Cl. The number of aryl methyl sites for hydroxylation is 1. The van der Waals surface area contributed by atoms with Crippen LogP contribution >= 0.6 is 12.4 Å². The van der Waals surface area contributed by atoms with Gasteiger partial charge in [0.25, 0.3) is 0 Å². The molecule has 0 saturated heterocycles. The fourth-order valence-corrected chi connectivity index (χ4v) is 5.45. The summed E-state index contributed by atoms with van der Waals surface area (Å²) >= 11 is 0. The van der Waals surface area contributed by atoms with Crippen molar-refractivity contribution in [2.24, 2.45) is 0 Å². The predicted octanol–water partition coefficient (Wildman–Crippen LogP) is 4.60. The molecule has 0 amide bonds. The van der Waals surface area contributed by atoms with Crippen LogP contribution in [0.5, 0.6) is 5.75 Å². The molecule has 2 atom stereocenters. The van der Waals surface area contributed by atoms with Crippen molar-refractivity contribution in [1.82, 2.24) is 5.32 Å². The van der Waals surface area contributed by atoms with Gasteiger partial charge in [0.2, 0.25) is 0 Å². The summed E-state index contributed by atoms with van der Waals surface area (Å²) in [5.41, 5.74) is 2.70. The number of hydrogen-bond donors (Lipinski definition) is 1. The lowest BCUT2D eigenvalue weighted by atomic mass is 9.87. The largest absolute Gasteiger partial charge is 0.496 e. The van der Waals surface area contributed by atoms with Crippen molar-refractivity contribution in [2.75, 3.05) is 12.9 Å². The highest BCUT2D eigenvalue weighted by atomic mass is 35.5. The third kappa shape index (κ3) is 6.21. The first-order chi connectivity index (χ1) is 13.5. The first-order valence-corrected chi connectivity index (χ1v) is 11.9. The molecule has 0 heterocycles. The minimum atomic E-state index is -3.19. The summed E-state index contributed by atoms with van der Waals surface area (Å²) in [6.07, 6.45) is 5.69. The first-order valence-electron chi connectivity index (χ1n) is 10.2. The van der Waals surface area contributed by atoms with Crippen LogP contribution in [0.1, 0.15) is 43.7 Å². The molecule has 6 heteroatoms. The molecule has 160 valence electrons. The molecule has 2 unspecified atom stereocenters. The smallest absolute Gasteiger partial charge is 0.178 e. The fourth-order valence-electron chi connectivity index (χ4n) is 4.09. The third-order valence-electron chi connectivity index (χ3n) is 5.69. The Labute approximate surface area is 181 Å². The number of rotatable bonds is 9. The summed E-state index contributed by atoms with van der Waals surface area (Å²) in [7, 11) is -1.46. The van der Waals surface area contributed by atoms with E-state index in [-0.39, 0.29) is 18.2 Å². The number of halogens is 1. The highest BCUT2D eigenvalue weighted by Gasteiger charge is 2.23. The molecule has 0 bridgehead atoms. The van der Waals surface area contributed by atoms with Gasteiger partial charge in [-0.3, -0.25) is 0 Å². The number of nitrogens with one attached hydrogen (secondary N) is 1. The van der Waals surface area contributed by atoms with Gasteiger partial charge in [-0.1, -0.05) is 37.3 Å². The monoisotopic (exact) mass is 437 g/mol. The van der Waals surface area contributed by atoms with Crippen LogP contribution < -0.4 is 10.1 Å². The standard InChI is InChI=1S/C23H31NO3S.ClH/c1-3-19(10-8-16-28(25,26)21-11-5-4-6-12-21)24-20-15-14-18-9-7-13-23(27-2)22(18)17-20;/h4-7,9,11-13,19-20,24H,3,8,10,14-17H2,1-2H3;1H. The van der Waals surface area contributed by atoms with E-state index >= 15 is 0 Å². The van der Waals surface area contributed by atoms with E-state index in [1.54, 1.807) is 31.4 Å². The van der Waals surface area contributed by atoms with Crippen LogP contribution in [-0.4, -0.2) is 33.4 Å². The number of hydrogen-bond acceptors (Lipinski definition) is 4. The summed E-state index contributed by atoms with van der Waals surface area (Å²) in [6.45, 7) is 2.17. The molecule has 2 aromatic rings. The van der Waals surface area contributed by atoms with E-state index in [1.165, 1.54) is 11.1 Å². The summed E-state index contributed by atoms with van der Waals surface area (Å²) < 4.78 is 30.5. The van der Waals surface area contributed by atoms with Crippen LogP contribution in [0, 0.1) is 0 Å². The lowest BCUT2D eigenvalue weighted by Gasteiger charge is -2.30. The molecule has 2 aromatic carbocycles. The fraction of sp³-hybridized carbons (Fsp3) is 0.478. The van der Waals surface area contributed by atoms with Gasteiger partial charge in [0, 0.05) is 12.1 Å². The van der Waals surface area contributed by atoms with Crippen molar-refractivity contribution in [2.45, 2.75) is 62.4 Å². The van der Waals surface area contributed by atoms with E-state index in [1.807, 2.05) is 12.1 Å². The molecule has 4 nitrogen and oxygen atoms in total. The maximum Gasteiger partial charge on any atom is 0.178 e. The topological polar surface area (TPSA) is 55.4 Å². The maximum absolute atomic E-state index is 12.5.